The van der Waals surface area contributed by atoms with E-state index in [9.17, 15) is 18.0 Å². The lowest BCUT2D eigenvalue weighted by atomic mass is 10.1. The second-order valence-corrected chi connectivity index (χ2v) is 2.97. The van der Waals surface area contributed by atoms with Gasteiger partial charge >= 0.3 is 6.18 Å². The van der Waals surface area contributed by atoms with Crippen molar-refractivity contribution in [1.82, 2.24) is 0 Å². The summed E-state index contributed by atoms with van der Waals surface area (Å²) in [5, 5.41) is 8.25. The molecule has 0 saturated carbocycles. The highest BCUT2D eigenvalue weighted by Gasteiger charge is 2.30. The molecule has 1 aromatic rings. The van der Waals surface area contributed by atoms with Gasteiger partial charge in [-0.15, -0.1) is 0 Å². The number of alkyl halides is 3. The molecule has 0 fully saturated rings. The minimum atomic E-state index is -4.51. The van der Waals surface area contributed by atoms with E-state index in [2.05, 4.69) is 0 Å². The van der Waals surface area contributed by atoms with E-state index in [0.717, 1.165) is 18.2 Å². The molecule has 0 atom stereocenters. The molecule has 0 unspecified atom stereocenters. The summed E-state index contributed by atoms with van der Waals surface area (Å²) in [4.78, 5) is 10.5. The molecular formula is C11H6F3NO. The smallest absolute Gasteiger partial charge is 0.298 e. The van der Waals surface area contributed by atoms with Crippen molar-refractivity contribution in [3.8, 4) is 6.07 Å². The van der Waals surface area contributed by atoms with Crippen molar-refractivity contribution in [3.05, 3.63) is 41.0 Å². The molecule has 0 heterocycles. The van der Waals surface area contributed by atoms with E-state index < -0.39 is 11.7 Å². The monoisotopic (exact) mass is 225 g/mol. The Hall–Kier alpha value is -2.09. The number of nitriles is 1. The maximum absolute atomic E-state index is 12.4. The maximum Gasteiger partial charge on any atom is 0.416 e. The van der Waals surface area contributed by atoms with Crippen LogP contribution in [0.4, 0.5) is 13.2 Å². The normalized spacial score (nSPS) is 11.4. The van der Waals surface area contributed by atoms with Crippen LogP contribution >= 0.6 is 0 Å². The van der Waals surface area contributed by atoms with E-state index in [1.54, 1.807) is 6.07 Å². The predicted octanol–water partition coefficient (Wildman–Crippen LogP) is 3.05. The fraction of sp³-hybridized carbons (Fsp3) is 0.0909. The number of carbonyl (C=O) groups excluding carboxylic acids is 1. The van der Waals surface area contributed by atoms with Crippen molar-refractivity contribution in [2.24, 2.45) is 0 Å². The molecular weight excluding hydrogens is 219 g/mol. The lowest BCUT2D eigenvalue weighted by Crippen LogP contribution is -2.05. The first-order valence-corrected chi connectivity index (χ1v) is 4.21. The van der Waals surface area contributed by atoms with Crippen molar-refractivity contribution in [2.75, 3.05) is 0 Å². The molecule has 5 heteroatoms. The van der Waals surface area contributed by atoms with Gasteiger partial charge in [0, 0.05) is 11.6 Å². The van der Waals surface area contributed by atoms with Crippen LogP contribution < -0.4 is 0 Å². The first kappa shape index (κ1) is 12.0. The van der Waals surface area contributed by atoms with Gasteiger partial charge in [0.1, 0.15) is 6.29 Å². The van der Waals surface area contributed by atoms with Gasteiger partial charge in [-0.1, -0.05) is 0 Å². The van der Waals surface area contributed by atoms with Gasteiger partial charge in [0.2, 0.25) is 0 Å². The molecule has 16 heavy (non-hydrogen) atoms. The quantitative estimate of drug-likeness (QED) is 0.573. The summed E-state index contributed by atoms with van der Waals surface area (Å²) in [6.45, 7) is 0. The zero-order chi connectivity index (χ0) is 12.2. The van der Waals surface area contributed by atoms with Crippen molar-refractivity contribution < 1.29 is 18.0 Å². The number of allylic oxidation sites excluding steroid dienone is 1. The standard InChI is InChI=1S/C11H6F3NO/c12-11(13,14)10-5-8(2-1-3-15)4-9(6-10)7-16/h1-2,4-7H. The van der Waals surface area contributed by atoms with Crippen molar-refractivity contribution >= 4 is 12.4 Å². The third kappa shape index (κ3) is 2.95. The number of carbonyl (C=O) groups is 1. The molecule has 0 N–H and O–H groups in total. The summed E-state index contributed by atoms with van der Waals surface area (Å²) in [6, 6.07) is 4.57. The van der Waals surface area contributed by atoms with Crippen LogP contribution in [-0.2, 0) is 6.18 Å². The van der Waals surface area contributed by atoms with Crippen LogP contribution in [0.1, 0.15) is 21.5 Å². The molecule has 1 rings (SSSR count). The summed E-state index contributed by atoms with van der Waals surface area (Å²) in [6.07, 6.45) is -1.92. The Labute approximate surface area is 89.6 Å². The molecule has 0 amide bonds. The lowest BCUT2D eigenvalue weighted by Gasteiger charge is -2.08. The molecule has 0 aliphatic rings. The van der Waals surface area contributed by atoms with E-state index in [-0.39, 0.29) is 11.1 Å². The molecule has 0 aliphatic heterocycles. The second kappa shape index (κ2) is 4.62. The molecule has 0 aromatic heterocycles. The number of aldehydes is 1. The van der Waals surface area contributed by atoms with Gasteiger partial charge < -0.3 is 0 Å². The van der Waals surface area contributed by atoms with Gasteiger partial charge in [-0.25, -0.2) is 0 Å². The summed E-state index contributed by atoms with van der Waals surface area (Å²) < 4.78 is 37.2. The highest BCUT2D eigenvalue weighted by atomic mass is 19.4. The van der Waals surface area contributed by atoms with Gasteiger partial charge in [-0.05, 0) is 29.8 Å². The van der Waals surface area contributed by atoms with Crippen LogP contribution in [0.25, 0.3) is 6.08 Å². The fourth-order valence-electron chi connectivity index (χ4n) is 1.14. The van der Waals surface area contributed by atoms with E-state index >= 15 is 0 Å². The lowest BCUT2D eigenvalue weighted by molar-refractivity contribution is -0.137. The molecule has 0 bridgehead atoms. The van der Waals surface area contributed by atoms with Crippen molar-refractivity contribution in [1.29, 1.82) is 5.26 Å². The number of hydrogen-bond acceptors (Lipinski definition) is 2. The molecule has 0 spiro atoms. The SMILES string of the molecule is N#CC=Cc1cc(C=O)cc(C(F)(F)F)c1. The molecule has 82 valence electrons. The zero-order valence-electron chi connectivity index (χ0n) is 7.95. The summed E-state index contributed by atoms with van der Waals surface area (Å²) in [5.74, 6) is 0. The van der Waals surface area contributed by atoms with Crippen LogP contribution in [0, 0.1) is 11.3 Å². The first-order valence-electron chi connectivity index (χ1n) is 4.21. The van der Waals surface area contributed by atoms with Gasteiger partial charge in [-0.2, -0.15) is 18.4 Å². The number of hydrogen-bond donors (Lipinski definition) is 0. The summed E-state index contributed by atoms with van der Waals surface area (Å²) in [7, 11) is 0. The largest absolute Gasteiger partial charge is 0.416 e. The number of rotatable bonds is 2. The Kier molecular flexibility index (Phi) is 3.46. The topological polar surface area (TPSA) is 40.9 Å². The van der Waals surface area contributed by atoms with E-state index in [1.165, 1.54) is 12.1 Å². The molecule has 1 aromatic carbocycles. The van der Waals surface area contributed by atoms with Gasteiger partial charge in [-0.3, -0.25) is 4.79 Å². The molecule has 0 aliphatic carbocycles. The van der Waals surface area contributed by atoms with Gasteiger partial charge in [0.05, 0.1) is 11.6 Å². The third-order valence-corrected chi connectivity index (χ3v) is 1.79. The Morgan fingerprint density at radius 2 is 1.81 bits per heavy atom. The molecule has 2 nitrogen and oxygen atoms in total. The predicted molar refractivity (Wildman–Crippen MR) is 51.5 cm³/mol. The van der Waals surface area contributed by atoms with Crippen molar-refractivity contribution in [3.63, 3.8) is 0 Å². The minimum Gasteiger partial charge on any atom is -0.298 e. The van der Waals surface area contributed by atoms with Gasteiger partial charge in [0.15, 0.2) is 0 Å². The second-order valence-electron chi connectivity index (χ2n) is 2.97. The average Bonchev–Trinajstić information content (AvgIpc) is 2.24. The number of halogens is 3. The Balaban J connectivity index is 3.27. The van der Waals surface area contributed by atoms with E-state index in [0.29, 0.717) is 6.29 Å². The van der Waals surface area contributed by atoms with Crippen molar-refractivity contribution in [2.45, 2.75) is 6.18 Å². The fourth-order valence-corrected chi connectivity index (χ4v) is 1.14. The van der Waals surface area contributed by atoms with Crippen LogP contribution in [0.3, 0.4) is 0 Å². The van der Waals surface area contributed by atoms with Crippen LogP contribution in [0.15, 0.2) is 24.3 Å². The Bertz CT molecular complexity index is 469. The van der Waals surface area contributed by atoms with Crippen LogP contribution in [0.5, 0.6) is 0 Å². The van der Waals surface area contributed by atoms with Gasteiger partial charge in [0.25, 0.3) is 0 Å². The first-order chi connectivity index (χ1) is 7.47. The average molecular weight is 225 g/mol. The van der Waals surface area contributed by atoms with E-state index in [4.69, 9.17) is 5.26 Å². The minimum absolute atomic E-state index is 0.0765. The molecule has 0 radical (unpaired) electrons. The summed E-state index contributed by atoms with van der Waals surface area (Å²) >= 11 is 0. The maximum atomic E-state index is 12.4. The highest BCUT2D eigenvalue weighted by molar-refractivity contribution is 5.77. The van der Waals surface area contributed by atoms with Crippen LogP contribution in [-0.4, -0.2) is 6.29 Å². The number of benzene rings is 1. The van der Waals surface area contributed by atoms with E-state index in [1.807, 2.05) is 0 Å². The summed E-state index contributed by atoms with van der Waals surface area (Å²) in [5.41, 5.74) is -0.819. The van der Waals surface area contributed by atoms with Crippen LogP contribution in [0.2, 0.25) is 0 Å². The zero-order valence-corrected chi connectivity index (χ0v) is 7.95. The molecule has 0 saturated heterocycles. The third-order valence-electron chi connectivity index (χ3n) is 1.79. The Morgan fingerprint density at radius 3 is 2.31 bits per heavy atom. The Morgan fingerprint density at radius 1 is 1.19 bits per heavy atom. The number of nitrogens with zero attached hydrogens (tertiary/aromatic N) is 1. The highest BCUT2D eigenvalue weighted by Crippen LogP contribution is 2.30.